The monoisotopic (exact) mass is 463 g/mol. The Kier molecular flexibility index (Phi) is 9.21. The average Bonchev–Trinajstić information content (AvgIpc) is 2.80. The molecule has 0 atom stereocenters. The third-order valence-corrected chi connectivity index (χ3v) is 5.94. The van der Waals surface area contributed by atoms with Crippen LogP contribution in [0.2, 0.25) is 5.02 Å². The molecule has 1 aliphatic heterocycles. The number of hydrogen-bond donors (Lipinski definition) is 1. The second kappa shape index (κ2) is 12.1. The summed E-state index contributed by atoms with van der Waals surface area (Å²) in [6.07, 6.45) is 0.994. The number of thiocarbonyl (C=S) groups is 1. The van der Waals surface area contributed by atoms with Gasteiger partial charge in [0.1, 0.15) is 11.5 Å². The van der Waals surface area contributed by atoms with Gasteiger partial charge in [-0.05, 0) is 30.3 Å². The molecule has 0 spiro atoms. The van der Waals surface area contributed by atoms with E-state index in [2.05, 4.69) is 15.1 Å². The molecule has 0 radical (unpaired) electrons. The van der Waals surface area contributed by atoms with E-state index in [1.807, 2.05) is 42.5 Å². The molecule has 8 heteroatoms. The first-order valence-electron chi connectivity index (χ1n) is 10.4. The van der Waals surface area contributed by atoms with E-state index in [0.717, 1.165) is 62.1 Å². The van der Waals surface area contributed by atoms with Gasteiger partial charge in [-0.1, -0.05) is 29.8 Å². The lowest BCUT2D eigenvalue weighted by atomic mass is 10.2. The molecule has 0 saturated carbocycles. The molecule has 168 valence electrons. The molecule has 0 amide bonds. The Labute approximate surface area is 195 Å². The molecule has 1 saturated heterocycles. The number of nitrogens with one attached hydrogen (secondary N) is 1. The van der Waals surface area contributed by atoms with Gasteiger partial charge in [-0.3, -0.25) is 4.90 Å². The highest BCUT2D eigenvalue weighted by atomic mass is 35.5. The van der Waals surface area contributed by atoms with Gasteiger partial charge in [0.25, 0.3) is 0 Å². The summed E-state index contributed by atoms with van der Waals surface area (Å²) < 4.78 is 16.2. The summed E-state index contributed by atoms with van der Waals surface area (Å²) in [7, 11) is 3.26. The Morgan fingerprint density at radius 2 is 1.81 bits per heavy atom. The standard InChI is InChI=1S/C23H30ClN3O3S/c1-28-20-14-19(15-21(16-20)29-2)25-23(31)27(17-18-6-3-4-7-22(18)24)9-5-8-26-10-12-30-13-11-26/h3-4,6-7,14-16H,5,8-13,17H2,1-2H3,(H,25,31). The van der Waals surface area contributed by atoms with Crippen LogP contribution < -0.4 is 14.8 Å². The molecule has 31 heavy (non-hydrogen) atoms. The van der Waals surface area contributed by atoms with Gasteiger partial charge in [0.15, 0.2) is 5.11 Å². The summed E-state index contributed by atoms with van der Waals surface area (Å²) in [6, 6.07) is 13.5. The molecule has 6 nitrogen and oxygen atoms in total. The van der Waals surface area contributed by atoms with Crippen LogP contribution in [0.25, 0.3) is 0 Å². The highest BCUT2D eigenvalue weighted by Crippen LogP contribution is 2.26. The molecular weight excluding hydrogens is 434 g/mol. The Bertz CT molecular complexity index is 839. The van der Waals surface area contributed by atoms with Crippen molar-refractivity contribution in [2.75, 3.05) is 58.9 Å². The molecule has 1 N–H and O–H groups in total. The Morgan fingerprint density at radius 3 is 2.45 bits per heavy atom. The van der Waals surface area contributed by atoms with Crippen LogP contribution in [0.5, 0.6) is 11.5 Å². The summed E-state index contributed by atoms with van der Waals surface area (Å²) in [5.74, 6) is 1.41. The maximum atomic E-state index is 6.42. The lowest BCUT2D eigenvalue weighted by Gasteiger charge is -2.30. The number of anilines is 1. The average molecular weight is 464 g/mol. The molecule has 1 heterocycles. The van der Waals surface area contributed by atoms with Gasteiger partial charge < -0.3 is 24.4 Å². The van der Waals surface area contributed by atoms with Crippen LogP contribution in [0, 0.1) is 0 Å². The van der Waals surface area contributed by atoms with E-state index in [0.29, 0.717) is 23.2 Å². The van der Waals surface area contributed by atoms with E-state index in [9.17, 15) is 0 Å². The number of benzene rings is 2. The van der Waals surface area contributed by atoms with Crippen LogP contribution in [0.4, 0.5) is 5.69 Å². The normalized spacial score (nSPS) is 14.2. The number of rotatable bonds is 9. The van der Waals surface area contributed by atoms with Crippen molar-refractivity contribution in [2.45, 2.75) is 13.0 Å². The second-order valence-corrected chi connectivity index (χ2v) is 8.15. The predicted molar refractivity (Wildman–Crippen MR) is 130 cm³/mol. The van der Waals surface area contributed by atoms with Crippen molar-refractivity contribution < 1.29 is 14.2 Å². The third kappa shape index (κ3) is 7.25. The quantitative estimate of drug-likeness (QED) is 0.557. The van der Waals surface area contributed by atoms with Crippen LogP contribution in [0.1, 0.15) is 12.0 Å². The van der Waals surface area contributed by atoms with Crippen LogP contribution in [-0.2, 0) is 11.3 Å². The number of halogens is 1. The minimum absolute atomic E-state index is 0.635. The van der Waals surface area contributed by atoms with Crippen LogP contribution in [-0.4, -0.2) is 68.5 Å². The summed E-state index contributed by atoms with van der Waals surface area (Å²) in [4.78, 5) is 4.59. The first-order chi connectivity index (χ1) is 15.1. The van der Waals surface area contributed by atoms with E-state index in [4.69, 9.17) is 38.0 Å². The summed E-state index contributed by atoms with van der Waals surface area (Å²) in [6.45, 7) is 6.04. The SMILES string of the molecule is COc1cc(NC(=S)N(CCCN2CCOCC2)Cc2ccccc2Cl)cc(OC)c1. The molecule has 2 aromatic carbocycles. The molecule has 0 aromatic heterocycles. The molecule has 3 rings (SSSR count). The minimum atomic E-state index is 0.635. The predicted octanol–water partition coefficient (Wildman–Crippen LogP) is 4.28. The van der Waals surface area contributed by atoms with Crippen LogP contribution in [0.15, 0.2) is 42.5 Å². The lowest BCUT2D eigenvalue weighted by Crippen LogP contribution is -2.40. The zero-order valence-electron chi connectivity index (χ0n) is 18.1. The summed E-state index contributed by atoms with van der Waals surface area (Å²) in [5, 5.41) is 4.72. The minimum Gasteiger partial charge on any atom is -0.497 e. The van der Waals surface area contributed by atoms with E-state index in [1.165, 1.54) is 0 Å². The van der Waals surface area contributed by atoms with Crippen molar-refractivity contribution in [3.63, 3.8) is 0 Å². The molecule has 1 fully saturated rings. The number of methoxy groups -OCH3 is 2. The highest BCUT2D eigenvalue weighted by Gasteiger charge is 2.15. The molecule has 0 bridgehead atoms. The molecule has 2 aromatic rings. The maximum absolute atomic E-state index is 6.42. The Morgan fingerprint density at radius 1 is 1.13 bits per heavy atom. The van der Waals surface area contributed by atoms with E-state index < -0.39 is 0 Å². The number of nitrogens with zero attached hydrogens (tertiary/aromatic N) is 2. The zero-order chi connectivity index (χ0) is 22.1. The van der Waals surface area contributed by atoms with Gasteiger partial charge >= 0.3 is 0 Å². The Hall–Kier alpha value is -2.06. The number of ether oxygens (including phenoxy) is 3. The van der Waals surface area contributed by atoms with Gasteiger partial charge in [0.2, 0.25) is 0 Å². The molecule has 1 aliphatic rings. The lowest BCUT2D eigenvalue weighted by molar-refractivity contribution is 0.0368. The van der Waals surface area contributed by atoms with Crippen LogP contribution >= 0.6 is 23.8 Å². The van der Waals surface area contributed by atoms with Crippen molar-refractivity contribution in [1.29, 1.82) is 0 Å². The van der Waals surface area contributed by atoms with Crippen molar-refractivity contribution in [2.24, 2.45) is 0 Å². The first kappa shape index (κ1) is 23.6. The fourth-order valence-corrected chi connectivity index (χ4v) is 3.95. The topological polar surface area (TPSA) is 46.2 Å². The van der Waals surface area contributed by atoms with Gasteiger partial charge in [-0.15, -0.1) is 0 Å². The Balaban J connectivity index is 1.69. The fraction of sp³-hybridized carbons (Fsp3) is 0.435. The summed E-state index contributed by atoms with van der Waals surface area (Å²) in [5.41, 5.74) is 1.86. The van der Waals surface area contributed by atoms with Crippen molar-refractivity contribution >= 4 is 34.6 Å². The van der Waals surface area contributed by atoms with E-state index >= 15 is 0 Å². The van der Waals surface area contributed by atoms with E-state index in [1.54, 1.807) is 14.2 Å². The molecular formula is C23H30ClN3O3S. The maximum Gasteiger partial charge on any atom is 0.173 e. The fourth-order valence-electron chi connectivity index (χ4n) is 3.48. The second-order valence-electron chi connectivity index (χ2n) is 7.35. The molecule has 0 unspecified atom stereocenters. The summed E-state index contributed by atoms with van der Waals surface area (Å²) >= 11 is 12.2. The van der Waals surface area contributed by atoms with Gasteiger partial charge in [0, 0.05) is 61.6 Å². The molecule has 0 aliphatic carbocycles. The number of hydrogen-bond acceptors (Lipinski definition) is 5. The largest absolute Gasteiger partial charge is 0.497 e. The van der Waals surface area contributed by atoms with Crippen molar-refractivity contribution in [1.82, 2.24) is 9.80 Å². The van der Waals surface area contributed by atoms with Gasteiger partial charge in [0.05, 0.1) is 27.4 Å². The van der Waals surface area contributed by atoms with Crippen molar-refractivity contribution in [3.8, 4) is 11.5 Å². The van der Waals surface area contributed by atoms with Crippen molar-refractivity contribution in [3.05, 3.63) is 53.1 Å². The van der Waals surface area contributed by atoms with E-state index in [-0.39, 0.29) is 0 Å². The number of morpholine rings is 1. The van der Waals surface area contributed by atoms with Crippen LogP contribution in [0.3, 0.4) is 0 Å². The zero-order valence-corrected chi connectivity index (χ0v) is 19.7. The van der Waals surface area contributed by atoms with Gasteiger partial charge in [-0.2, -0.15) is 0 Å². The highest BCUT2D eigenvalue weighted by molar-refractivity contribution is 7.80. The first-order valence-corrected chi connectivity index (χ1v) is 11.2. The smallest absolute Gasteiger partial charge is 0.173 e. The third-order valence-electron chi connectivity index (χ3n) is 5.22. The van der Waals surface area contributed by atoms with Gasteiger partial charge in [-0.25, -0.2) is 0 Å².